The molecule has 0 spiro atoms. The van der Waals surface area contributed by atoms with Crippen LogP contribution in [0.1, 0.15) is 110 Å². The molecule has 0 aromatic carbocycles. The van der Waals surface area contributed by atoms with Gasteiger partial charge in [0.15, 0.2) is 10.5 Å². The van der Waals surface area contributed by atoms with Gasteiger partial charge >= 0.3 is 126 Å². The number of rotatable bonds is 24. The van der Waals surface area contributed by atoms with Gasteiger partial charge in [0.25, 0.3) is 20.2 Å². The van der Waals surface area contributed by atoms with E-state index in [0.29, 0.717) is 6.42 Å². The zero-order chi connectivity index (χ0) is 34.6. The zero-order valence-electron chi connectivity index (χ0n) is 25.9. The van der Waals surface area contributed by atoms with Crippen molar-refractivity contribution in [3.8, 4) is 0 Å². The minimum atomic E-state index is -4.84. The molecule has 0 aliphatic rings. The van der Waals surface area contributed by atoms with Crippen LogP contribution in [0.4, 0.5) is 0 Å². The molecule has 0 aliphatic carbocycles. The molecule has 0 fully saturated rings. The van der Waals surface area contributed by atoms with Gasteiger partial charge in [-0.25, -0.2) is 0 Å². The Balaban J connectivity index is -0.000000582. The van der Waals surface area contributed by atoms with Gasteiger partial charge < -0.3 is 20.1 Å². The molecule has 2 unspecified atom stereocenters. The molecule has 0 amide bonds. The number of carbonyl (C=O) groups excluding carboxylic acids is 1. The van der Waals surface area contributed by atoms with Crippen LogP contribution < -0.4 is 0 Å². The van der Waals surface area contributed by atoms with Gasteiger partial charge in [-0.1, -0.05) is 25.8 Å². The number of esters is 1. The third kappa shape index (κ3) is 31.9. The van der Waals surface area contributed by atoms with Crippen LogP contribution in [0.15, 0.2) is 12.7 Å². The van der Waals surface area contributed by atoms with Crippen molar-refractivity contribution in [3.63, 3.8) is 0 Å². The molecule has 0 aromatic rings. The summed E-state index contributed by atoms with van der Waals surface area (Å²) in [4.78, 5) is 41.6. The Kier molecular flexibility index (Phi) is 30.8. The van der Waals surface area contributed by atoms with E-state index in [1.807, 2.05) is 13.0 Å². The fourth-order valence-electron chi connectivity index (χ4n) is 3.52. The molecule has 0 bridgehead atoms. The number of unbranched alkanes of at least 4 members (excludes halogenated alkanes) is 12. The Morgan fingerprint density at radius 2 is 1.11 bits per heavy atom. The number of carboxylic acids is 3. The minimum absolute atomic E-state index is 0.0122. The van der Waals surface area contributed by atoms with Gasteiger partial charge in [0.05, 0.1) is 19.4 Å². The average molecular weight is 685 g/mol. The third-order valence-corrected chi connectivity index (χ3v) is 8.85. The van der Waals surface area contributed by atoms with Gasteiger partial charge in [-0.2, -0.15) is 16.8 Å². The van der Waals surface area contributed by atoms with E-state index in [9.17, 15) is 36.0 Å². The van der Waals surface area contributed by atoms with Crippen LogP contribution in [0.2, 0.25) is 3.67 Å². The molecule has 0 aromatic heterocycles. The van der Waals surface area contributed by atoms with E-state index < -0.39 is 67.5 Å². The van der Waals surface area contributed by atoms with Crippen molar-refractivity contribution in [1.29, 1.82) is 0 Å². The number of carboxylic acid groups (broad SMARTS) is 3. The number of allylic oxidation sites excluding steroid dienone is 1. The summed E-state index contributed by atoms with van der Waals surface area (Å²) < 4.78 is 65.0. The van der Waals surface area contributed by atoms with Crippen LogP contribution in [0.5, 0.6) is 0 Å². The van der Waals surface area contributed by atoms with Crippen LogP contribution in [-0.2, 0) is 44.2 Å². The molecule has 0 heterocycles. The van der Waals surface area contributed by atoms with Crippen molar-refractivity contribution in [2.24, 2.45) is 0 Å². The molecular formula is C27H49NaO14S2. The van der Waals surface area contributed by atoms with Gasteiger partial charge in [0.2, 0.25) is 0 Å². The quantitative estimate of drug-likeness (QED) is 0.0313. The van der Waals surface area contributed by atoms with E-state index in [4.69, 9.17) is 24.4 Å². The molecule has 0 rings (SSSR count). The fraction of sp³-hybridized carbons (Fsp3) is 0.778. The van der Waals surface area contributed by atoms with Crippen molar-refractivity contribution >= 4 is 72.0 Å². The Hall–Kier alpha value is -1.56. The Labute approximate surface area is 278 Å². The summed E-state index contributed by atoms with van der Waals surface area (Å²) in [6.07, 6.45) is 17.9. The van der Waals surface area contributed by atoms with Gasteiger partial charge in [0, 0.05) is 0 Å². The van der Waals surface area contributed by atoms with Crippen LogP contribution in [0.3, 0.4) is 0 Å². The van der Waals surface area contributed by atoms with Crippen molar-refractivity contribution in [2.75, 3.05) is 6.61 Å². The van der Waals surface area contributed by atoms with Crippen molar-refractivity contribution < 1.29 is 65.2 Å². The van der Waals surface area contributed by atoms with Crippen molar-refractivity contribution in [1.82, 2.24) is 0 Å². The molecule has 5 N–H and O–H groups in total. The van der Waals surface area contributed by atoms with E-state index in [2.05, 4.69) is 11.3 Å². The maximum atomic E-state index is 11.3. The van der Waals surface area contributed by atoms with Gasteiger partial charge in [-0.15, -0.1) is 6.58 Å². The second-order valence-electron chi connectivity index (χ2n) is 10.0. The topological polar surface area (TPSA) is 247 Å². The van der Waals surface area contributed by atoms with Crippen LogP contribution in [-0.4, -0.2) is 110 Å². The molecule has 17 heteroatoms. The molecule has 0 aliphatic heterocycles. The average Bonchev–Trinajstić information content (AvgIpc) is 2.90. The first-order chi connectivity index (χ1) is 20.4. The standard InChI is InChI=1S/C14H27.C9H16O7S.C4H6O7S.Na/c1-3-5-7-9-11-13-14-12-10-8-6-4-2;1-2-3-4-5-16-9(12)7(6-8(10)11)17(13,14)15;5-3(6)1-2(4(7)8)12(9,10)11;/h3H,1-2,4-14H2;7H,2-6H2,1H3,(H,10,11)(H,13,14,15);2H,1H2,(H,5,6)(H,7,8)(H,9,10,11);. The summed E-state index contributed by atoms with van der Waals surface area (Å²) in [5, 5.41) is 20.3. The van der Waals surface area contributed by atoms with Gasteiger partial charge in [-0.05, 0) is 6.42 Å². The molecule has 254 valence electrons. The normalized spacial score (nSPS) is 12.4. The molecule has 0 radical (unpaired) electrons. The van der Waals surface area contributed by atoms with Gasteiger partial charge in [0.1, 0.15) is 0 Å². The summed E-state index contributed by atoms with van der Waals surface area (Å²) in [5.74, 6) is -6.23. The van der Waals surface area contributed by atoms with Crippen LogP contribution >= 0.6 is 0 Å². The molecule has 14 nitrogen and oxygen atoms in total. The monoisotopic (exact) mass is 684 g/mol. The maximum Gasteiger partial charge on any atom is 0.327 e. The summed E-state index contributed by atoms with van der Waals surface area (Å²) in [6.45, 7) is 5.70. The fourth-order valence-corrected chi connectivity index (χ4v) is 5.29. The van der Waals surface area contributed by atoms with E-state index in [0.717, 1.165) is 12.8 Å². The van der Waals surface area contributed by atoms with E-state index in [1.165, 1.54) is 102 Å². The summed E-state index contributed by atoms with van der Waals surface area (Å²) in [7, 11) is -9.60. The van der Waals surface area contributed by atoms with E-state index in [-0.39, 0.29) is 6.61 Å². The number of carbonyl (C=O) groups is 4. The Bertz CT molecular complexity index is 1030. The SMILES string of the molecule is C=CCCCCCCCCCCC[CH2][Na].CCCCCOC(=O)C(CC(=O)O)S(=O)(=O)O.O=C(O)CC(C(=O)O)S(=O)(=O)O. The third-order valence-electron chi connectivity index (χ3n) is 5.98. The van der Waals surface area contributed by atoms with Crippen LogP contribution in [0, 0.1) is 0 Å². The smallest absolute Gasteiger partial charge is 0.327 e. The van der Waals surface area contributed by atoms with Gasteiger partial charge in [-0.3, -0.25) is 28.3 Å². The second kappa shape index (κ2) is 28.9. The zero-order valence-corrected chi connectivity index (χ0v) is 29.5. The first-order valence-electron chi connectivity index (χ1n) is 14.8. The molecular weight excluding hydrogens is 635 g/mol. The second-order valence-corrected chi connectivity index (χ2v) is 14.2. The Morgan fingerprint density at radius 1 is 0.705 bits per heavy atom. The number of hydrogen-bond donors (Lipinski definition) is 5. The molecule has 0 saturated heterocycles. The van der Waals surface area contributed by atoms with Crippen LogP contribution in [0.25, 0.3) is 0 Å². The maximum absolute atomic E-state index is 11.3. The molecule has 0 saturated carbocycles. The largest absolute Gasteiger partial charge is 0.481 e. The molecule has 44 heavy (non-hydrogen) atoms. The van der Waals surface area contributed by atoms with Crippen molar-refractivity contribution in [2.45, 2.75) is 124 Å². The van der Waals surface area contributed by atoms with E-state index >= 15 is 0 Å². The first-order valence-corrected chi connectivity index (χ1v) is 19.2. The van der Waals surface area contributed by atoms with E-state index in [1.54, 1.807) is 0 Å². The minimum Gasteiger partial charge on any atom is -0.481 e. The Morgan fingerprint density at radius 3 is 1.43 bits per heavy atom. The number of hydrogen-bond acceptors (Lipinski definition) is 9. The number of ether oxygens (including phenoxy) is 1. The summed E-state index contributed by atoms with van der Waals surface area (Å²) in [5.41, 5.74) is 0. The molecule has 2 atom stereocenters. The summed E-state index contributed by atoms with van der Waals surface area (Å²) in [6, 6.07) is 0. The summed E-state index contributed by atoms with van der Waals surface area (Å²) >= 11 is 1.40. The predicted octanol–water partition coefficient (Wildman–Crippen LogP) is 4.30. The van der Waals surface area contributed by atoms with Crippen molar-refractivity contribution in [3.05, 3.63) is 12.7 Å². The number of aliphatic carboxylic acids is 3. The first kappa shape index (κ1) is 46.9. The predicted molar refractivity (Wildman–Crippen MR) is 165 cm³/mol.